The van der Waals surface area contributed by atoms with Crippen molar-refractivity contribution in [2.24, 2.45) is 11.1 Å². The molecule has 1 amide bonds. The third-order valence-electron chi connectivity index (χ3n) is 5.52. The van der Waals surface area contributed by atoms with Crippen molar-refractivity contribution in [1.82, 2.24) is 9.80 Å². The molecule has 0 aliphatic heterocycles. The maximum Gasteiger partial charge on any atom is 0.229 e. The Kier molecular flexibility index (Phi) is 4.21. The van der Waals surface area contributed by atoms with E-state index in [4.69, 9.17) is 5.73 Å². The third-order valence-corrected chi connectivity index (χ3v) is 5.52. The topological polar surface area (TPSA) is 49.6 Å². The summed E-state index contributed by atoms with van der Waals surface area (Å²) in [5.74, 6) is 0.278. The molecule has 0 heterocycles. The first kappa shape index (κ1) is 14.8. The zero-order valence-electron chi connectivity index (χ0n) is 12.7. The summed E-state index contributed by atoms with van der Waals surface area (Å²) in [5, 5.41) is 0. The summed E-state index contributed by atoms with van der Waals surface area (Å²) in [6.45, 7) is 1.35. The van der Waals surface area contributed by atoms with Crippen molar-refractivity contribution in [2.45, 2.75) is 50.5 Å². The predicted molar refractivity (Wildman–Crippen MR) is 77.9 cm³/mol. The molecule has 0 saturated heterocycles. The van der Waals surface area contributed by atoms with Crippen LogP contribution >= 0.6 is 0 Å². The summed E-state index contributed by atoms with van der Waals surface area (Å²) >= 11 is 0. The Hall–Kier alpha value is -0.610. The Labute approximate surface area is 117 Å². The van der Waals surface area contributed by atoms with Gasteiger partial charge in [0.25, 0.3) is 0 Å². The van der Waals surface area contributed by atoms with Gasteiger partial charge in [0, 0.05) is 25.7 Å². The van der Waals surface area contributed by atoms with Crippen LogP contribution in [0, 0.1) is 5.41 Å². The van der Waals surface area contributed by atoms with Crippen LogP contribution in [-0.4, -0.2) is 55.5 Å². The van der Waals surface area contributed by atoms with Crippen LogP contribution in [0.25, 0.3) is 0 Å². The van der Waals surface area contributed by atoms with Crippen LogP contribution in [0.15, 0.2) is 0 Å². The highest BCUT2D eigenvalue weighted by Gasteiger charge is 2.45. The normalized spacial score (nSPS) is 24.3. The minimum Gasteiger partial charge on any atom is -0.343 e. The highest BCUT2D eigenvalue weighted by Crippen LogP contribution is 2.41. The first-order valence-corrected chi connectivity index (χ1v) is 7.59. The van der Waals surface area contributed by atoms with Crippen molar-refractivity contribution in [1.29, 1.82) is 0 Å². The van der Waals surface area contributed by atoms with Gasteiger partial charge in [0.1, 0.15) is 0 Å². The number of nitrogens with two attached hydrogens (primary N) is 1. The Morgan fingerprint density at radius 1 is 1.05 bits per heavy atom. The Bertz CT molecular complexity index is 330. The van der Waals surface area contributed by atoms with Gasteiger partial charge in [-0.2, -0.15) is 0 Å². The highest BCUT2D eigenvalue weighted by molar-refractivity contribution is 5.83. The van der Waals surface area contributed by atoms with E-state index in [2.05, 4.69) is 19.0 Å². The number of hydrogen-bond donors (Lipinski definition) is 1. The number of rotatable bonds is 5. The van der Waals surface area contributed by atoms with E-state index in [1.54, 1.807) is 0 Å². The second kappa shape index (κ2) is 5.41. The molecule has 4 nitrogen and oxygen atoms in total. The summed E-state index contributed by atoms with van der Waals surface area (Å²) in [4.78, 5) is 17.0. The summed E-state index contributed by atoms with van der Waals surface area (Å²) in [7, 11) is 6.22. The van der Waals surface area contributed by atoms with Gasteiger partial charge in [0.05, 0.1) is 5.41 Å². The number of hydrogen-bond acceptors (Lipinski definition) is 3. The minimum atomic E-state index is -0.258. The average Bonchev–Trinajstić information content (AvgIpc) is 2.81. The molecule has 2 saturated carbocycles. The minimum absolute atomic E-state index is 0.207. The second-order valence-corrected chi connectivity index (χ2v) is 6.83. The van der Waals surface area contributed by atoms with Gasteiger partial charge >= 0.3 is 0 Å². The van der Waals surface area contributed by atoms with Gasteiger partial charge in [-0.25, -0.2) is 0 Å². The maximum absolute atomic E-state index is 12.8. The van der Waals surface area contributed by atoms with E-state index in [0.29, 0.717) is 6.54 Å². The zero-order valence-corrected chi connectivity index (χ0v) is 12.7. The van der Waals surface area contributed by atoms with Gasteiger partial charge in [0.2, 0.25) is 5.91 Å². The van der Waals surface area contributed by atoms with Crippen molar-refractivity contribution in [3.05, 3.63) is 0 Å². The van der Waals surface area contributed by atoms with Gasteiger partial charge in [-0.3, -0.25) is 4.79 Å². The van der Waals surface area contributed by atoms with Crippen LogP contribution in [0.3, 0.4) is 0 Å². The molecule has 0 aromatic rings. The largest absolute Gasteiger partial charge is 0.343 e. The van der Waals surface area contributed by atoms with Crippen LogP contribution in [0.2, 0.25) is 0 Å². The number of likely N-dealkylation sites (N-methyl/N-ethyl adjacent to an activating group) is 2. The van der Waals surface area contributed by atoms with Crippen LogP contribution in [0.5, 0.6) is 0 Å². The Balaban J connectivity index is 2.03. The van der Waals surface area contributed by atoms with Crippen LogP contribution in [-0.2, 0) is 4.79 Å². The molecule has 110 valence electrons. The molecule has 0 radical (unpaired) electrons. The lowest BCUT2D eigenvalue weighted by Crippen LogP contribution is -2.59. The second-order valence-electron chi connectivity index (χ2n) is 6.83. The maximum atomic E-state index is 12.8. The zero-order chi connectivity index (χ0) is 14.1. The summed E-state index contributed by atoms with van der Waals surface area (Å²) in [6, 6.07) is 0. The van der Waals surface area contributed by atoms with Crippen molar-refractivity contribution in [3.63, 3.8) is 0 Å². The van der Waals surface area contributed by atoms with Crippen molar-refractivity contribution in [2.75, 3.05) is 34.2 Å². The van der Waals surface area contributed by atoms with E-state index in [1.807, 2.05) is 11.9 Å². The van der Waals surface area contributed by atoms with Crippen molar-refractivity contribution < 1.29 is 4.79 Å². The standard InChI is InChI=1S/C15H29N3O/c1-17(2)15(9-6-10-15)12-18(3)13(19)14(11-16)7-4-5-8-14/h4-12,16H2,1-3H3. The summed E-state index contributed by atoms with van der Waals surface area (Å²) in [6.07, 6.45) is 7.93. The molecule has 0 atom stereocenters. The van der Waals surface area contributed by atoms with Gasteiger partial charge in [-0.1, -0.05) is 12.8 Å². The molecule has 19 heavy (non-hydrogen) atoms. The van der Waals surface area contributed by atoms with Gasteiger partial charge in [-0.05, 0) is 46.2 Å². The van der Waals surface area contributed by atoms with Crippen molar-refractivity contribution >= 4 is 5.91 Å². The first-order valence-electron chi connectivity index (χ1n) is 7.59. The van der Waals surface area contributed by atoms with E-state index in [9.17, 15) is 4.79 Å². The molecule has 2 N–H and O–H groups in total. The Morgan fingerprint density at radius 2 is 1.63 bits per heavy atom. The molecule has 0 aromatic carbocycles. The molecule has 2 aliphatic carbocycles. The number of carbonyl (C=O) groups excluding carboxylic acids is 1. The van der Waals surface area contributed by atoms with Crippen LogP contribution in [0.4, 0.5) is 0 Å². The van der Waals surface area contributed by atoms with Crippen LogP contribution in [0.1, 0.15) is 44.9 Å². The molecule has 0 aromatic heterocycles. The molecular weight excluding hydrogens is 238 g/mol. The first-order chi connectivity index (χ1) is 8.96. The molecule has 2 aliphatic rings. The number of carbonyl (C=O) groups is 1. The lowest BCUT2D eigenvalue weighted by molar-refractivity contribution is -0.142. The van der Waals surface area contributed by atoms with E-state index in [1.165, 1.54) is 19.3 Å². The lowest BCUT2D eigenvalue weighted by Gasteiger charge is -2.50. The third kappa shape index (κ3) is 2.52. The fourth-order valence-electron chi connectivity index (χ4n) is 3.81. The summed E-state index contributed by atoms with van der Waals surface area (Å²) < 4.78 is 0. The smallest absolute Gasteiger partial charge is 0.229 e. The van der Waals surface area contributed by atoms with E-state index in [0.717, 1.165) is 32.2 Å². The molecule has 4 heteroatoms. The van der Waals surface area contributed by atoms with Crippen LogP contribution < -0.4 is 5.73 Å². The van der Waals surface area contributed by atoms with Gasteiger partial charge in [-0.15, -0.1) is 0 Å². The van der Waals surface area contributed by atoms with Gasteiger partial charge < -0.3 is 15.5 Å². The predicted octanol–water partition coefficient (Wildman–Crippen LogP) is 1.45. The summed E-state index contributed by atoms with van der Waals surface area (Å²) in [5.41, 5.74) is 5.87. The number of nitrogens with zero attached hydrogens (tertiary/aromatic N) is 2. The lowest BCUT2D eigenvalue weighted by atomic mass is 9.74. The quantitative estimate of drug-likeness (QED) is 0.820. The van der Waals surface area contributed by atoms with E-state index in [-0.39, 0.29) is 16.9 Å². The molecular formula is C15H29N3O. The molecule has 2 fully saturated rings. The molecule has 0 bridgehead atoms. The SMILES string of the molecule is CN(CC1(N(C)C)CCC1)C(=O)C1(CN)CCCC1. The van der Waals surface area contributed by atoms with Crippen molar-refractivity contribution in [3.8, 4) is 0 Å². The molecule has 0 unspecified atom stereocenters. The number of amides is 1. The highest BCUT2D eigenvalue weighted by atomic mass is 16.2. The molecule has 0 spiro atoms. The molecule has 2 rings (SSSR count). The van der Waals surface area contributed by atoms with E-state index >= 15 is 0 Å². The monoisotopic (exact) mass is 267 g/mol. The Morgan fingerprint density at radius 3 is 2.00 bits per heavy atom. The average molecular weight is 267 g/mol. The van der Waals surface area contributed by atoms with Gasteiger partial charge in [0.15, 0.2) is 0 Å². The fourth-order valence-corrected chi connectivity index (χ4v) is 3.81. The van der Waals surface area contributed by atoms with E-state index < -0.39 is 0 Å². The fraction of sp³-hybridized carbons (Fsp3) is 0.933.